The Morgan fingerprint density at radius 3 is 1.88 bits per heavy atom. The highest BCUT2D eigenvalue weighted by atomic mass is 16.2. The van der Waals surface area contributed by atoms with Crippen LogP contribution in [0.15, 0.2) is 78.9 Å². The maximum Gasteiger partial charge on any atom is 0.251 e. The van der Waals surface area contributed by atoms with E-state index in [9.17, 15) is 9.59 Å². The fraction of sp³-hybridized carbons (Fsp3) is 0.286. The molecule has 1 aliphatic heterocycles. The van der Waals surface area contributed by atoms with Crippen LogP contribution in [0.5, 0.6) is 0 Å². The quantitative estimate of drug-likeness (QED) is 0.510. The fourth-order valence-corrected chi connectivity index (χ4v) is 4.53. The summed E-state index contributed by atoms with van der Waals surface area (Å²) in [5.41, 5.74) is 4.57. The number of carbonyl (C=O) groups is 2. The van der Waals surface area contributed by atoms with Crippen molar-refractivity contribution in [3.05, 3.63) is 107 Å². The first kappa shape index (κ1) is 22.7. The van der Waals surface area contributed by atoms with Gasteiger partial charge in [-0.1, -0.05) is 77.9 Å². The normalized spacial score (nSPS) is 17.2. The highest BCUT2D eigenvalue weighted by Crippen LogP contribution is 2.30. The highest BCUT2D eigenvalue weighted by molar-refractivity contribution is 5.95. The maximum absolute atomic E-state index is 13.4. The second-order valence-electron chi connectivity index (χ2n) is 8.78. The number of benzene rings is 3. The first-order valence-corrected chi connectivity index (χ1v) is 11.5. The maximum atomic E-state index is 13.4. The molecule has 0 aliphatic carbocycles. The highest BCUT2D eigenvalue weighted by Gasteiger charge is 2.31. The van der Waals surface area contributed by atoms with Crippen molar-refractivity contribution < 1.29 is 9.59 Å². The summed E-state index contributed by atoms with van der Waals surface area (Å²) in [6.45, 7) is 4.82. The molecule has 0 aromatic heterocycles. The van der Waals surface area contributed by atoms with Gasteiger partial charge in [-0.15, -0.1) is 0 Å². The summed E-state index contributed by atoms with van der Waals surface area (Å²) in [5.74, 6) is -0.201. The molecule has 33 heavy (non-hydrogen) atoms. The van der Waals surface area contributed by atoms with Gasteiger partial charge >= 0.3 is 0 Å². The van der Waals surface area contributed by atoms with Crippen LogP contribution in [0.3, 0.4) is 0 Å². The molecule has 0 bridgehead atoms. The summed E-state index contributed by atoms with van der Waals surface area (Å²) in [7, 11) is 0. The third-order valence-corrected chi connectivity index (χ3v) is 6.10. The summed E-state index contributed by atoms with van der Waals surface area (Å²) in [5, 5.41) is 9.73. The van der Waals surface area contributed by atoms with E-state index in [2.05, 4.69) is 16.0 Å². The molecule has 5 nitrogen and oxygen atoms in total. The van der Waals surface area contributed by atoms with Crippen molar-refractivity contribution in [1.29, 1.82) is 0 Å². The molecule has 170 valence electrons. The van der Waals surface area contributed by atoms with Gasteiger partial charge in [-0.2, -0.15) is 0 Å². The standard InChI is InChI=1S/C28H31N3O2/c1-19-16-20(2)18-23(17-19)27(32)30-25(21-10-5-3-6-11-21)26(22-12-7-4-8-13-22)31-28(33)24-14-9-15-29-24/h3-8,10-13,16-18,24-26,29H,9,14-15H2,1-2H3,(H,30,32)(H,31,33)/t24-,25-,26-/m0/s1. The Morgan fingerprint density at radius 1 is 0.818 bits per heavy atom. The third-order valence-electron chi connectivity index (χ3n) is 6.10. The van der Waals surface area contributed by atoms with E-state index in [4.69, 9.17) is 0 Å². The molecule has 0 saturated carbocycles. The molecule has 3 aromatic rings. The number of carbonyl (C=O) groups excluding carboxylic acids is 2. The largest absolute Gasteiger partial charge is 0.345 e. The van der Waals surface area contributed by atoms with Crippen LogP contribution in [0, 0.1) is 13.8 Å². The van der Waals surface area contributed by atoms with Crippen molar-refractivity contribution in [2.75, 3.05) is 6.54 Å². The number of hydrogen-bond acceptors (Lipinski definition) is 3. The molecule has 1 aliphatic rings. The molecule has 1 saturated heterocycles. The van der Waals surface area contributed by atoms with Gasteiger partial charge in [0.25, 0.3) is 5.91 Å². The molecule has 3 aromatic carbocycles. The minimum Gasteiger partial charge on any atom is -0.345 e. The van der Waals surface area contributed by atoms with Crippen LogP contribution in [0.1, 0.15) is 57.5 Å². The molecule has 0 radical (unpaired) electrons. The fourth-order valence-electron chi connectivity index (χ4n) is 4.53. The molecule has 3 atom stereocenters. The number of amides is 2. The van der Waals surface area contributed by atoms with Crippen molar-refractivity contribution >= 4 is 11.8 Å². The lowest BCUT2D eigenvalue weighted by Crippen LogP contribution is -2.46. The first-order valence-electron chi connectivity index (χ1n) is 11.5. The van der Waals surface area contributed by atoms with Crippen molar-refractivity contribution in [3.63, 3.8) is 0 Å². The van der Waals surface area contributed by atoms with Gasteiger partial charge in [0.2, 0.25) is 5.91 Å². The van der Waals surface area contributed by atoms with Crippen molar-refractivity contribution in [3.8, 4) is 0 Å². The lowest BCUT2D eigenvalue weighted by atomic mass is 9.92. The predicted octanol–water partition coefficient (Wildman–Crippen LogP) is 4.38. The molecule has 1 heterocycles. The second-order valence-corrected chi connectivity index (χ2v) is 8.78. The summed E-state index contributed by atoms with van der Waals surface area (Å²) in [4.78, 5) is 26.5. The Morgan fingerprint density at radius 2 is 1.36 bits per heavy atom. The molecular formula is C28H31N3O2. The Kier molecular flexibility index (Phi) is 7.20. The van der Waals surface area contributed by atoms with Crippen LogP contribution < -0.4 is 16.0 Å². The summed E-state index contributed by atoms with van der Waals surface area (Å²) in [6.07, 6.45) is 1.80. The van der Waals surface area contributed by atoms with Crippen LogP contribution in [-0.4, -0.2) is 24.4 Å². The van der Waals surface area contributed by atoms with Crippen LogP contribution in [0.25, 0.3) is 0 Å². The molecule has 0 unspecified atom stereocenters. The minimum absolute atomic E-state index is 0.0390. The van der Waals surface area contributed by atoms with Crippen molar-refractivity contribution in [2.24, 2.45) is 0 Å². The van der Waals surface area contributed by atoms with E-state index in [1.807, 2.05) is 92.7 Å². The van der Waals surface area contributed by atoms with Gasteiger partial charge in [0.1, 0.15) is 0 Å². The van der Waals surface area contributed by atoms with E-state index in [-0.39, 0.29) is 17.9 Å². The molecule has 1 fully saturated rings. The number of hydrogen-bond donors (Lipinski definition) is 3. The molecule has 2 amide bonds. The summed E-state index contributed by atoms with van der Waals surface area (Å²) >= 11 is 0. The second kappa shape index (κ2) is 10.5. The molecule has 5 heteroatoms. The lowest BCUT2D eigenvalue weighted by Gasteiger charge is -2.31. The lowest BCUT2D eigenvalue weighted by molar-refractivity contribution is -0.123. The van der Waals surface area contributed by atoms with E-state index in [0.717, 1.165) is 41.6 Å². The van der Waals surface area contributed by atoms with E-state index in [1.165, 1.54) is 0 Å². The number of aryl methyl sites for hydroxylation is 2. The smallest absolute Gasteiger partial charge is 0.251 e. The number of nitrogens with one attached hydrogen (secondary N) is 3. The zero-order valence-electron chi connectivity index (χ0n) is 19.2. The van der Waals surface area contributed by atoms with E-state index in [1.54, 1.807) is 0 Å². The third kappa shape index (κ3) is 5.68. The van der Waals surface area contributed by atoms with Gasteiger partial charge in [-0.3, -0.25) is 9.59 Å². The topological polar surface area (TPSA) is 70.2 Å². The van der Waals surface area contributed by atoms with Gasteiger partial charge in [0, 0.05) is 5.56 Å². The van der Waals surface area contributed by atoms with Crippen LogP contribution in [-0.2, 0) is 4.79 Å². The SMILES string of the molecule is Cc1cc(C)cc(C(=O)N[C@@H](c2ccccc2)[C@@H](NC(=O)[C@@H]2CCCN2)c2ccccc2)c1. The molecule has 3 N–H and O–H groups in total. The molecule has 4 rings (SSSR count). The van der Waals surface area contributed by atoms with E-state index in [0.29, 0.717) is 5.56 Å². The monoisotopic (exact) mass is 441 g/mol. The number of rotatable bonds is 7. The van der Waals surface area contributed by atoms with Gasteiger partial charge < -0.3 is 16.0 Å². The van der Waals surface area contributed by atoms with Gasteiger partial charge in [-0.25, -0.2) is 0 Å². The van der Waals surface area contributed by atoms with Crippen LogP contribution in [0.4, 0.5) is 0 Å². The predicted molar refractivity (Wildman–Crippen MR) is 131 cm³/mol. The zero-order valence-corrected chi connectivity index (χ0v) is 19.2. The molecule has 0 spiro atoms. The Balaban J connectivity index is 1.70. The Bertz CT molecular complexity index is 1070. The average molecular weight is 442 g/mol. The van der Waals surface area contributed by atoms with Crippen LogP contribution >= 0.6 is 0 Å². The zero-order chi connectivity index (χ0) is 23.2. The van der Waals surface area contributed by atoms with Crippen molar-refractivity contribution in [1.82, 2.24) is 16.0 Å². The van der Waals surface area contributed by atoms with Crippen LogP contribution in [0.2, 0.25) is 0 Å². The minimum atomic E-state index is -0.438. The Labute approximate surface area is 195 Å². The first-order chi connectivity index (χ1) is 16.0. The Hall–Kier alpha value is -3.44. The molecular weight excluding hydrogens is 410 g/mol. The van der Waals surface area contributed by atoms with Gasteiger partial charge in [-0.05, 0) is 56.5 Å². The average Bonchev–Trinajstić information content (AvgIpc) is 3.37. The summed E-state index contributed by atoms with van der Waals surface area (Å²) in [6, 6.07) is 24.4. The van der Waals surface area contributed by atoms with Crippen molar-refractivity contribution in [2.45, 2.75) is 44.8 Å². The van der Waals surface area contributed by atoms with E-state index >= 15 is 0 Å². The van der Waals surface area contributed by atoms with Gasteiger partial charge in [0.05, 0.1) is 18.1 Å². The van der Waals surface area contributed by atoms with E-state index < -0.39 is 12.1 Å². The van der Waals surface area contributed by atoms with Gasteiger partial charge in [0.15, 0.2) is 0 Å². The summed E-state index contributed by atoms with van der Waals surface area (Å²) < 4.78 is 0.